The van der Waals surface area contributed by atoms with Gasteiger partial charge < -0.3 is 4.90 Å². The zero-order valence-corrected chi connectivity index (χ0v) is 17.9. The van der Waals surface area contributed by atoms with E-state index >= 15 is 0 Å². The minimum atomic E-state index is 0.0780. The Balaban J connectivity index is 1.66. The molecule has 1 aliphatic heterocycles. The monoisotopic (exact) mass is 440 g/mol. The second-order valence-corrected chi connectivity index (χ2v) is 8.55. The molecule has 3 aromatic rings. The molecule has 0 N–H and O–H groups in total. The number of para-hydroxylation sites is 2. The molecule has 2 heterocycles. The maximum absolute atomic E-state index is 12.4. The van der Waals surface area contributed by atoms with Crippen molar-refractivity contribution in [2.75, 3.05) is 27.2 Å². The third kappa shape index (κ3) is 3.84. The zero-order valence-electron chi connectivity index (χ0n) is 16.3. The average molecular weight is 441 g/mol. The zero-order chi connectivity index (χ0) is 19.7. The molecule has 5 nitrogen and oxygen atoms in total. The average Bonchev–Trinajstić information content (AvgIpc) is 3.06. The fourth-order valence-electron chi connectivity index (χ4n) is 4.03. The number of rotatable bonds is 4. The van der Waals surface area contributed by atoms with E-state index in [4.69, 9.17) is 4.98 Å². The van der Waals surface area contributed by atoms with Crippen LogP contribution in [-0.4, -0.2) is 52.4 Å². The first kappa shape index (κ1) is 19.2. The Morgan fingerprint density at radius 1 is 1.18 bits per heavy atom. The molecule has 0 saturated carbocycles. The van der Waals surface area contributed by atoms with E-state index in [2.05, 4.69) is 67.9 Å². The number of likely N-dealkylation sites (tertiary alicyclic amines) is 1. The van der Waals surface area contributed by atoms with E-state index in [1.54, 1.807) is 4.90 Å². The highest BCUT2D eigenvalue weighted by Crippen LogP contribution is 2.26. The van der Waals surface area contributed by atoms with Crippen LogP contribution in [0.2, 0.25) is 0 Å². The summed E-state index contributed by atoms with van der Waals surface area (Å²) in [5.74, 6) is 1.32. The van der Waals surface area contributed by atoms with Gasteiger partial charge in [-0.25, -0.2) is 4.98 Å². The van der Waals surface area contributed by atoms with Crippen molar-refractivity contribution in [1.82, 2.24) is 19.4 Å². The number of halogens is 1. The summed E-state index contributed by atoms with van der Waals surface area (Å²) in [4.78, 5) is 21.4. The number of nitrogens with zero attached hydrogens (tertiary/aromatic N) is 4. The van der Waals surface area contributed by atoms with Crippen molar-refractivity contribution in [3.8, 4) is 5.69 Å². The molecule has 0 radical (unpaired) electrons. The van der Waals surface area contributed by atoms with Crippen LogP contribution in [0.4, 0.5) is 0 Å². The minimum Gasteiger partial charge on any atom is -0.349 e. The summed E-state index contributed by atoms with van der Waals surface area (Å²) >= 11 is 3.52. The molecule has 1 saturated heterocycles. The van der Waals surface area contributed by atoms with Gasteiger partial charge in [0.2, 0.25) is 5.91 Å². The fourth-order valence-corrected chi connectivity index (χ4v) is 4.29. The number of benzene rings is 2. The number of carbonyl (C=O) groups excluding carboxylic acids is 1. The van der Waals surface area contributed by atoms with E-state index < -0.39 is 0 Å². The highest BCUT2D eigenvalue weighted by Gasteiger charge is 2.28. The number of imidazole rings is 1. The maximum Gasteiger partial charge on any atom is 0.226 e. The van der Waals surface area contributed by atoms with E-state index in [9.17, 15) is 4.79 Å². The Labute approximate surface area is 174 Å². The molecule has 146 valence electrons. The lowest BCUT2D eigenvalue weighted by atomic mass is 9.97. The largest absolute Gasteiger partial charge is 0.349 e. The predicted octanol–water partition coefficient (Wildman–Crippen LogP) is 4.09. The SMILES string of the molecule is CN(C)C(=O)[C@@H]1CCCN(Cc2nc3ccccc3n2-c2ccc(Br)cc2)C1. The number of piperidine rings is 1. The molecular formula is C22H25BrN4O. The van der Waals surface area contributed by atoms with Crippen LogP contribution in [0.5, 0.6) is 0 Å². The molecule has 1 aliphatic rings. The standard InChI is InChI=1S/C22H25BrN4O/c1-25(2)22(28)16-6-5-13-26(14-16)15-21-24-19-7-3-4-8-20(19)27(21)18-11-9-17(23)10-12-18/h3-4,7-12,16H,5-6,13-15H2,1-2H3/t16-/m1/s1. The summed E-state index contributed by atoms with van der Waals surface area (Å²) in [6.45, 7) is 2.53. The summed E-state index contributed by atoms with van der Waals surface area (Å²) in [7, 11) is 3.68. The molecule has 4 rings (SSSR count). The fraction of sp³-hybridized carbons (Fsp3) is 0.364. The van der Waals surface area contributed by atoms with Gasteiger partial charge in [0.05, 0.1) is 23.5 Å². The third-order valence-electron chi connectivity index (χ3n) is 5.38. The van der Waals surface area contributed by atoms with Gasteiger partial charge in [-0.3, -0.25) is 14.3 Å². The van der Waals surface area contributed by atoms with E-state index in [1.165, 1.54) is 0 Å². The van der Waals surface area contributed by atoms with Crippen molar-refractivity contribution >= 4 is 32.9 Å². The van der Waals surface area contributed by atoms with Gasteiger partial charge >= 0.3 is 0 Å². The number of fused-ring (bicyclic) bond motifs is 1. The van der Waals surface area contributed by atoms with Gasteiger partial charge in [0.15, 0.2) is 0 Å². The number of amides is 1. The van der Waals surface area contributed by atoms with Crippen LogP contribution in [0, 0.1) is 5.92 Å². The summed E-state index contributed by atoms with van der Waals surface area (Å²) in [5, 5.41) is 0. The van der Waals surface area contributed by atoms with Crippen LogP contribution < -0.4 is 0 Å². The quantitative estimate of drug-likeness (QED) is 0.613. The lowest BCUT2D eigenvalue weighted by molar-refractivity contribution is -0.134. The molecule has 0 bridgehead atoms. The maximum atomic E-state index is 12.4. The Morgan fingerprint density at radius 3 is 2.68 bits per heavy atom. The van der Waals surface area contributed by atoms with Crippen molar-refractivity contribution in [3.05, 3.63) is 58.8 Å². The third-order valence-corrected chi connectivity index (χ3v) is 5.90. The van der Waals surface area contributed by atoms with Crippen molar-refractivity contribution in [2.45, 2.75) is 19.4 Å². The summed E-state index contributed by atoms with van der Waals surface area (Å²) in [6, 6.07) is 16.6. The van der Waals surface area contributed by atoms with Gasteiger partial charge in [0, 0.05) is 30.8 Å². The van der Waals surface area contributed by atoms with Crippen molar-refractivity contribution in [1.29, 1.82) is 0 Å². The summed E-state index contributed by atoms with van der Waals surface area (Å²) in [5.41, 5.74) is 3.21. The lowest BCUT2D eigenvalue weighted by Gasteiger charge is -2.33. The van der Waals surface area contributed by atoms with Crippen LogP contribution in [-0.2, 0) is 11.3 Å². The normalized spacial score (nSPS) is 17.8. The van der Waals surface area contributed by atoms with E-state index in [-0.39, 0.29) is 11.8 Å². The molecule has 1 amide bonds. The smallest absolute Gasteiger partial charge is 0.226 e. The van der Waals surface area contributed by atoms with Crippen LogP contribution in [0.3, 0.4) is 0 Å². The van der Waals surface area contributed by atoms with E-state index in [0.717, 1.165) is 59.5 Å². The molecule has 28 heavy (non-hydrogen) atoms. The van der Waals surface area contributed by atoms with Crippen LogP contribution in [0.15, 0.2) is 53.0 Å². The Hall–Kier alpha value is -2.18. The molecular weight excluding hydrogens is 416 g/mol. The first-order valence-electron chi connectivity index (χ1n) is 9.69. The predicted molar refractivity (Wildman–Crippen MR) is 115 cm³/mol. The first-order chi connectivity index (χ1) is 13.5. The van der Waals surface area contributed by atoms with Gasteiger partial charge in [0.1, 0.15) is 5.82 Å². The van der Waals surface area contributed by atoms with Crippen molar-refractivity contribution in [3.63, 3.8) is 0 Å². The Morgan fingerprint density at radius 2 is 1.93 bits per heavy atom. The van der Waals surface area contributed by atoms with Gasteiger partial charge in [-0.05, 0) is 55.8 Å². The topological polar surface area (TPSA) is 41.4 Å². The number of aromatic nitrogens is 2. The van der Waals surface area contributed by atoms with Crippen molar-refractivity contribution < 1.29 is 4.79 Å². The van der Waals surface area contributed by atoms with E-state index in [0.29, 0.717) is 0 Å². The van der Waals surface area contributed by atoms with Crippen LogP contribution in [0.1, 0.15) is 18.7 Å². The molecule has 1 atom stereocenters. The second-order valence-electron chi connectivity index (χ2n) is 7.64. The van der Waals surface area contributed by atoms with Gasteiger partial charge in [-0.1, -0.05) is 28.1 Å². The minimum absolute atomic E-state index is 0.0780. The molecule has 1 aromatic heterocycles. The highest BCUT2D eigenvalue weighted by atomic mass is 79.9. The Bertz CT molecular complexity index is 980. The van der Waals surface area contributed by atoms with Gasteiger partial charge in [0.25, 0.3) is 0 Å². The van der Waals surface area contributed by atoms with Crippen LogP contribution >= 0.6 is 15.9 Å². The molecule has 0 spiro atoms. The van der Waals surface area contributed by atoms with E-state index in [1.807, 2.05) is 20.2 Å². The van der Waals surface area contributed by atoms with Crippen molar-refractivity contribution in [2.24, 2.45) is 5.92 Å². The Kier molecular flexibility index (Phi) is 5.51. The first-order valence-corrected chi connectivity index (χ1v) is 10.5. The molecule has 6 heteroatoms. The molecule has 1 fully saturated rings. The highest BCUT2D eigenvalue weighted by molar-refractivity contribution is 9.10. The number of carbonyl (C=O) groups is 1. The summed E-state index contributed by atoms with van der Waals surface area (Å²) in [6.07, 6.45) is 2.01. The number of hydrogen-bond donors (Lipinski definition) is 0. The summed E-state index contributed by atoms with van der Waals surface area (Å²) < 4.78 is 3.29. The lowest BCUT2D eigenvalue weighted by Crippen LogP contribution is -2.42. The van der Waals surface area contributed by atoms with Crippen LogP contribution in [0.25, 0.3) is 16.7 Å². The molecule has 0 aliphatic carbocycles. The molecule has 0 unspecified atom stereocenters. The van der Waals surface area contributed by atoms with Gasteiger partial charge in [-0.15, -0.1) is 0 Å². The number of hydrogen-bond acceptors (Lipinski definition) is 3. The molecule has 2 aromatic carbocycles. The second kappa shape index (κ2) is 8.05. The van der Waals surface area contributed by atoms with Gasteiger partial charge in [-0.2, -0.15) is 0 Å².